The zero-order chi connectivity index (χ0) is 16.2. The molecule has 0 unspecified atom stereocenters. The fourth-order valence-corrected chi connectivity index (χ4v) is 3.43. The van der Waals surface area contributed by atoms with Gasteiger partial charge in [0.15, 0.2) is 0 Å². The van der Waals surface area contributed by atoms with Crippen molar-refractivity contribution < 1.29 is 9.52 Å². The molecule has 2 heterocycles. The standard InChI is InChI=1S/C19H25NO3/c1-2-14-10-16-15(11-19(22)23-18(16)12-17(14)21)13-20-8-6-4-3-5-7-9-20/h10-12,21H,2-9,13H2,1H3. The van der Waals surface area contributed by atoms with Crippen LogP contribution in [0.3, 0.4) is 0 Å². The molecule has 1 N–H and O–H groups in total. The normalized spacial score (nSPS) is 17.1. The van der Waals surface area contributed by atoms with Crippen LogP contribution in [0.25, 0.3) is 11.0 Å². The van der Waals surface area contributed by atoms with Gasteiger partial charge < -0.3 is 9.52 Å². The molecule has 124 valence electrons. The molecule has 0 aliphatic carbocycles. The second-order valence-corrected chi connectivity index (χ2v) is 6.47. The number of aryl methyl sites for hydroxylation is 1. The Kier molecular flexibility index (Phi) is 5.01. The van der Waals surface area contributed by atoms with Gasteiger partial charge in [0.05, 0.1) is 0 Å². The lowest BCUT2D eigenvalue weighted by molar-refractivity contribution is 0.240. The van der Waals surface area contributed by atoms with E-state index in [0.29, 0.717) is 5.58 Å². The summed E-state index contributed by atoms with van der Waals surface area (Å²) in [5.41, 5.74) is 2.03. The van der Waals surface area contributed by atoms with Crippen LogP contribution in [-0.4, -0.2) is 23.1 Å². The highest BCUT2D eigenvalue weighted by Gasteiger charge is 2.14. The molecule has 4 nitrogen and oxygen atoms in total. The summed E-state index contributed by atoms with van der Waals surface area (Å²) in [6.07, 6.45) is 7.12. The van der Waals surface area contributed by atoms with Crippen molar-refractivity contribution in [2.24, 2.45) is 0 Å². The first-order valence-corrected chi connectivity index (χ1v) is 8.68. The van der Waals surface area contributed by atoms with Crippen LogP contribution in [0.1, 0.15) is 50.2 Å². The van der Waals surface area contributed by atoms with E-state index in [1.165, 1.54) is 32.1 Å². The Bertz CT molecular complexity index is 727. The van der Waals surface area contributed by atoms with E-state index in [2.05, 4.69) is 4.90 Å². The molecule has 1 aliphatic heterocycles. The maximum absolute atomic E-state index is 11.9. The van der Waals surface area contributed by atoms with Gasteiger partial charge in [-0.1, -0.05) is 26.2 Å². The Labute approximate surface area is 136 Å². The lowest BCUT2D eigenvalue weighted by atomic mass is 10.0. The van der Waals surface area contributed by atoms with Crippen molar-refractivity contribution in [1.29, 1.82) is 0 Å². The second kappa shape index (κ2) is 7.18. The highest BCUT2D eigenvalue weighted by molar-refractivity contribution is 5.82. The number of phenolic OH excluding ortho intramolecular Hbond substituents is 1. The first-order chi connectivity index (χ1) is 11.2. The zero-order valence-electron chi connectivity index (χ0n) is 13.8. The predicted molar refractivity (Wildman–Crippen MR) is 91.9 cm³/mol. The smallest absolute Gasteiger partial charge is 0.336 e. The number of fused-ring (bicyclic) bond motifs is 1. The molecule has 0 amide bonds. The number of phenols is 1. The molecule has 1 aliphatic rings. The molecule has 4 heteroatoms. The van der Waals surface area contributed by atoms with Gasteiger partial charge in [-0.3, -0.25) is 4.90 Å². The van der Waals surface area contributed by atoms with E-state index < -0.39 is 0 Å². The van der Waals surface area contributed by atoms with Gasteiger partial charge in [-0.2, -0.15) is 0 Å². The summed E-state index contributed by atoms with van der Waals surface area (Å²) in [7, 11) is 0. The number of hydrogen-bond acceptors (Lipinski definition) is 4. The molecule has 1 saturated heterocycles. The van der Waals surface area contributed by atoms with Crippen LogP contribution in [0.4, 0.5) is 0 Å². The van der Waals surface area contributed by atoms with Gasteiger partial charge in [0.25, 0.3) is 0 Å². The number of rotatable bonds is 3. The van der Waals surface area contributed by atoms with Crippen LogP contribution in [0.5, 0.6) is 5.75 Å². The molecular formula is C19H25NO3. The Hall–Kier alpha value is -1.81. The van der Waals surface area contributed by atoms with Gasteiger partial charge in [0.2, 0.25) is 0 Å². The van der Waals surface area contributed by atoms with Crippen molar-refractivity contribution in [3.8, 4) is 5.75 Å². The molecule has 2 aromatic rings. The van der Waals surface area contributed by atoms with Gasteiger partial charge in [0.1, 0.15) is 11.3 Å². The van der Waals surface area contributed by atoms with E-state index in [9.17, 15) is 9.90 Å². The average molecular weight is 315 g/mol. The van der Waals surface area contributed by atoms with Gasteiger partial charge in [-0.15, -0.1) is 0 Å². The third kappa shape index (κ3) is 3.75. The minimum atomic E-state index is -0.344. The predicted octanol–water partition coefficient (Wildman–Crippen LogP) is 3.83. The molecule has 3 rings (SSSR count). The summed E-state index contributed by atoms with van der Waals surface area (Å²) >= 11 is 0. The van der Waals surface area contributed by atoms with Crippen LogP contribution in [0.15, 0.2) is 27.4 Å². The molecule has 23 heavy (non-hydrogen) atoms. The van der Waals surface area contributed by atoms with Crippen molar-refractivity contribution in [2.45, 2.75) is 52.0 Å². The van der Waals surface area contributed by atoms with Crippen molar-refractivity contribution >= 4 is 11.0 Å². The Morgan fingerprint density at radius 1 is 1.04 bits per heavy atom. The van der Waals surface area contributed by atoms with Crippen LogP contribution in [-0.2, 0) is 13.0 Å². The lowest BCUT2D eigenvalue weighted by Crippen LogP contribution is -2.27. The third-order valence-electron chi connectivity index (χ3n) is 4.75. The zero-order valence-corrected chi connectivity index (χ0v) is 13.8. The Balaban J connectivity index is 1.96. The average Bonchev–Trinajstić information content (AvgIpc) is 2.49. The highest BCUT2D eigenvalue weighted by Crippen LogP contribution is 2.27. The number of likely N-dealkylation sites (tertiary alicyclic amines) is 1. The summed E-state index contributed by atoms with van der Waals surface area (Å²) in [6.45, 7) is 4.95. The Morgan fingerprint density at radius 3 is 2.43 bits per heavy atom. The van der Waals surface area contributed by atoms with E-state index in [-0.39, 0.29) is 11.4 Å². The van der Waals surface area contributed by atoms with E-state index in [4.69, 9.17) is 4.42 Å². The van der Waals surface area contributed by atoms with Crippen LogP contribution in [0.2, 0.25) is 0 Å². The third-order valence-corrected chi connectivity index (χ3v) is 4.75. The summed E-state index contributed by atoms with van der Waals surface area (Å²) in [4.78, 5) is 14.3. The first-order valence-electron chi connectivity index (χ1n) is 8.68. The molecule has 1 fully saturated rings. The van der Waals surface area contributed by atoms with Crippen molar-refractivity contribution in [3.63, 3.8) is 0 Å². The van der Waals surface area contributed by atoms with Crippen molar-refractivity contribution in [2.75, 3.05) is 13.1 Å². The minimum absolute atomic E-state index is 0.201. The van der Waals surface area contributed by atoms with Crippen molar-refractivity contribution in [3.05, 3.63) is 39.7 Å². The van der Waals surface area contributed by atoms with Crippen LogP contribution in [0, 0.1) is 0 Å². The van der Waals surface area contributed by atoms with E-state index in [1.54, 1.807) is 12.1 Å². The van der Waals surface area contributed by atoms with E-state index in [0.717, 1.165) is 42.6 Å². The maximum atomic E-state index is 11.9. The Morgan fingerprint density at radius 2 is 1.74 bits per heavy atom. The molecule has 0 saturated carbocycles. The number of aromatic hydroxyl groups is 1. The summed E-state index contributed by atoms with van der Waals surface area (Å²) in [5.74, 6) is 0.201. The maximum Gasteiger partial charge on any atom is 0.336 e. The molecule has 0 spiro atoms. The molecule has 0 radical (unpaired) electrons. The van der Waals surface area contributed by atoms with Gasteiger partial charge in [-0.25, -0.2) is 4.79 Å². The monoisotopic (exact) mass is 315 g/mol. The second-order valence-electron chi connectivity index (χ2n) is 6.47. The summed E-state index contributed by atoms with van der Waals surface area (Å²) in [5, 5.41) is 11.0. The summed E-state index contributed by atoms with van der Waals surface area (Å²) < 4.78 is 5.28. The minimum Gasteiger partial charge on any atom is -0.508 e. The topological polar surface area (TPSA) is 53.7 Å². The van der Waals surface area contributed by atoms with Gasteiger partial charge in [0, 0.05) is 24.1 Å². The van der Waals surface area contributed by atoms with Gasteiger partial charge in [-0.05, 0) is 49.5 Å². The number of nitrogens with zero attached hydrogens (tertiary/aromatic N) is 1. The van der Waals surface area contributed by atoms with E-state index >= 15 is 0 Å². The molecular weight excluding hydrogens is 290 g/mol. The van der Waals surface area contributed by atoms with Crippen LogP contribution >= 0.6 is 0 Å². The fourth-order valence-electron chi connectivity index (χ4n) is 3.43. The molecule has 0 atom stereocenters. The number of benzene rings is 1. The highest BCUT2D eigenvalue weighted by atomic mass is 16.4. The summed E-state index contributed by atoms with van der Waals surface area (Å²) in [6, 6.07) is 5.15. The quantitative estimate of drug-likeness (QED) is 0.875. The SMILES string of the molecule is CCc1cc2c(CN3CCCCCCC3)cc(=O)oc2cc1O. The molecule has 0 bridgehead atoms. The van der Waals surface area contributed by atoms with Crippen LogP contribution < -0.4 is 5.63 Å². The fraction of sp³-hybridized carbons (Fsp3) is 0.526. The molecule has 1 aromatic carbocycles. The molecule has 1 aromatic heterocycles. The first kappa shape index (κ1) is 16.1. The lowest BCUT2D eigenvalue weighted by Gasteiger charge is -2.25. The van der Waals surface area contributed by atoms with Gasteiger partial charge >= 0.3 is 5.63 Å². The van der Waals surface area contributed by atoms with Crippen molar-refractivity contribution in [1.82, 2.24) is 4.90 Å². The largest absolute Gasteiger partial charge is 0.508 e. The number of hydrogen-bond donors (Lipinski definition) is 1. The van der Waals surface area contributed by atoms with E-state index in [1.807, 2.05) is 13.0 Å².